The van der Waals surface area contributed by atoms with Crippen LogP contribution < -0.4 is 19.5 Å². The number of benzene rings is 3. The normalized spacial score (nSPS) is 10.3. The Bertz CT molecular complexity index is 973. The number of nitrogens with one attached hydrogen (secondary N) is 1. The molecule has 0 saturated heterocycles. The SMILES string of the molecule is CCOc1ccccc1NC(=O)c1ccc(OCc2ccc(Cl)cc2)c(OC)c1. The maximum absolute atomic E-state index is 12.7. The van der Waals surface area contributed by atoms with Crippen molar-refractivity contribution in [1.29, 1.82) is 0 Å². The summed E-state index contributed by atoms with van der Waals surface area (Å²) < 4.78 is 16.8. The highest BCUT2D eigenvalue weighted by Crippen LogP contribution is 2.30. The fourth-order valence-corrected chi connectivity index (χ4v) is 2.84. The molecule has 0 saturated carbocycles. The van der Waals surface area contributed by atoms with Gasteiger partial charge in [0.25, 0.3) is 5.91 Å². The number of amides is 1. The lowest BCUT2D eigenvalue weighted by atomic mass is 10.1. The van der Waals surface area contributed by atoms with Crippen LogP contribution in [0.1, 0.15) is 22.8 Å². The largest absolute Gasteiger partial charge is 0.493 e. The zero-order valence-electron chi connectivity index (χ0n) is 16.3. The second-order valence-electron chi connectivity index (χ2n) is 6.16. The van der Waals surface area contributed by atoms with Gasteiger partial charge in [-0.15, -0.1) is 0 Å². The highest BCUT2D eigenvalue weighted by Gasteiger charge is 2.13. The molecule has 29 heavy (non-hydrogen) atoms. The maximum atomic E-state index is 12.7. The molecule has 1 N–H and O–H groups in total. The van der Waals surface area contributed by atoms with Crippen LogP contribution in [0.3, 0.4) is 0 Å². The van der Waals surface area contributed by atoms with E-state index in [1.165, 1.54) is 7.11 Å². The topological polar surface area (TPSA) is 56.8 Å². The molecule has 0 aliphatic carbocycles. The summed E-state index contributed by atoms with van der Waals surface area (Å²) in [5.41, 5.74) is 2.04. The lowest BCUT2D eigenvalue weighted by molar-refractivity contribution is 0.102. The third kappa shape index (κ3) is 5.42. The Hall–Kier alpha value is -3.18. The Morgan fingerprint density at radius 3 is 2.41 bits per heavy atom. The molecule has 5 nitrogen and oxygen atoms in total. The third-order valence-corrected chi connectivity index (χ3v) is 4.42. The first-order valence-corrected chi connectivity index (χ1v) is 9.57. The molecule has 3 aromatic rings. The number of carbonyl (C=O) groups excluding carboxylic acids is 1. The molecule has 3 rings (SSSR count). The Morgan fingerprint density at radius 2 is 1.69 bits per heavy atom. The van der Waals surface area contributed by atoms with Crippen molar-refractivity contribution >= 4 is 23.2 Å². The molecule has 0 spiro atoms. The highest BCUT2D eigenvalue weighted by atomic mass is 35.5. The zero-order chi connectivity index (χ0) is 20.6. The molecule has 6 heteroatoms. The summed E-state index contributed by atoms with van der Waals surface area (Å²) >= 11 is 5.90. The average molecular weight is 412 g/mol. The minimum Gasteiger partial charge on any atom is -0.493 e. The fourth-order valence-electron chi connectivity index (χ4n) is 2.72. The van der Waals surface area contributed by atoms with Gasteiger partial charge in [-0.25, -0.2) is 0 Å². The predicted octanol–water partition coefficient (Wildman–Crippen LogP) is 5.58. The van der Waals surface area contributed by atoms with Crippen molar-refractivity contribution < 1.29 is 19.0 Å². The molecule has 0 atom stereocenters. The van der Waals surface area contributed by atoms with Crippen LogP contribution in [0, 0.1) is 0 Å². The highest BCUT2D eigenvalue weighted by molar-refractivity contribution is 6.30. The van der Waals surface area contributed by atoms with Gasteiger partial charge in [0, 0.05) is 10.6 Å². The van der Waals surface area contributed by atoms with E-state index >= 15 is 0 Å². The minimum absolute atomic E-state index is 0.264. The molecule has 0 heterocycles. The van der Waals surface area contributed by atoms with Crippen molar-refractivity contribution in [1.82, 2.24) is 0 Å². The molecule has 0 aliphatic heterocycles. The van der Waals surface area contributed by atoms with E-state index in [1.807, 2.05) is 49.4 Å². The number of hydrogen-bond donors (Lipinski definition) is 1. The van der Waals surface area contributed by atoms with Crippen molar-refractivity contribution in [2.24, 2.45) is 0 Å². The number of carbonyl (C=O) groups is 1. The third-order valence-electron chi connectivity index (χ3n) is 4.17. The average Bonchev–Trinajstić information content (AvgIpc) is 2.74. The van der Waals surface area contributed by atoms with E-state index in [1.54, 1.807) is 24.3 Å². The molecule has 0 aliphatic rings. The molecule has 0 radical (unpaired) electrons. The van der Waals surface area contributed by atoms with Crippen LogP contribution in [0.15, 0.2) is 66.7 Å². The Balaban J connectivity index is 1.72. The van der Waals surface area contributed by atoms with Crippen LogP contribution in [0.5, 0.6) is 17.2 Å². The first-order chi connectivity index (χ1) is 14.1. The minimum atomic E-state index is -0.264. The molecule has 0 unspecified atom stereocenters. The number of anilines is 1. The summed E-state index contributed by atoms with van der Waals surface area (Å²) in [4.78, 5) is 12.7. The second-order valence-corrected chi connectivity index (χ2v) is 6.60. The van der Waals surface area contributed by atoms with Crippen LogP contribution in [0.4, 0.5) is 5.69 Å². The van der Waals surface area contributed by atoms with E-state index in [9.17, 15) is 4.79 Å². The van der Waals surface area contributed by atoms with E-state index in [2.05, 4.69) is 5.32 Å². The van der Waals surface area contributed by atoms with Gasteiger partial charge in [-0.3, -0.25) is 4.79 Å². The molecule has 0 bridgehead atoms. The van der Waals surface area contributed by atoms with Crippen LogP contribution in [0.25, 0.3) is 0 Å². The van der Waals surface area contributed by atoms with Gasteiger partial charge in [0.05, 0.1) is 19.4 Å². The summed E-state index contributed by atoms with van der Waals surface area (Å²) in [5.74, 6) is 1.39. The molecule has 3 aromatic carbocycles. The first kappa shape index (κ1) is 20.6. The summed E-state index contributed by atoms with van der Waals surface area (Å²) in [6.45, 7) is 2.77. The van der Waals surface area contributed by atoms with Gasteiger partial charge in [-0.2, -0.15) is 0 Å². The van der Waals surface area contributed by atoms with Gasteiger partial charge in [0.2, 0.25) is 0 Å². The van der Waals surface area contributed by atoms with Gasteiger partial charge >= 0.3 is 0 Å². The van der Waals surface area contributed by atoms with E-state index in [4.69, 9.17) is 25.8 Å². The first-order valence-electron chi connectivity index (χ1n) is 9.19. The van der Waals surface area contributed by atoms with Gasteiger partial charge in [0.15, 0.2) is 11.5 Å². The smallest absolute Gasteiger partial charge is 0.255 e. The Kier molecular flexibility index (Phi) is 6.98. The fraction of sp³-hybridized carbons (Fsp3) is 0.174. The van der Waals surface area contributed by atoms with Gasteiger partial charge in [0.1, 0.15) is 12.4 Å². The van der Waals surface area contributed by atoms with Crippen molar-refractivity contribution in [3.63, 3.8) is 0 Å². The van der Waals surface area contributed by atoms with Crippen molar-refractivity contribution in [2.45, 2.75) is 13.5 Å². The zero-order valence-corrected chi connectivity index (χ0v) is 17.0. The van der Waals surface area contributed by atoms with E-state index in [0.717, 1.165) is 5.56 Å². The number of hydrogen-bond acceptors (Lipinski definition) is 4. The van der Waals surface area contributed by atoms with Crippen LogP contribution >= 0.6 is 11.6 Å². The molecule has 0 aromatic heterocycles. The standard InChI is InChI=1S/C23H22ClNO4/c1-3-28-20-7-5-4-6-19(20)25-23(26)17-10-13-21(22(14-17)27-2)29-15-16-8-11-18(24)12-9-16/h4-14H,3,15H2,1-2H3,(H,25,26). The number of methoxy groups -OCH3 is 1. The van der Waals surface area contributed by atoms with Crippen LogP contribution in [-0.2, 0) is 6.61 Å². The lowest BCUT2D eigenvalue weighted by Gasteiger charge is -2.14. The number of rotatable bonds is 8. The van der Waals surface area contributed by atoms with Crippen LogP contribution in [-0.4, -0.2) is 19.6 Å². The number of halogens is 1. The van der Waals surface area contributed by atoms with Crippen molar-refractivity contribution in [2.75, 3.05) is 19.0 Å². The summed E-state index contributed by atoms with van der Waals surface area (Å²) in [6, 6.07) is 19.8. The Labute approximate surface area is 175 Å². The van der Waals surface area contributed by atoms with E-state index in [0.29, 0.717) is 46.7 Å². The van der Waals surface area contributed by atoms with E-state index < -0.39 is 0 Å². The van der Waals surface area contributed by atoms with Crippen LogP contribution in [0.2, 0.25) is 5.02 Å². The predicted molar refractivity (Wildman–Crippen MR) is 114 cm³/mol. The molecular weight excluding hydrogens is 390 g/mol. The molecule has 150 valence electrons. The number of para-hydroxylation sites is 2. The quantitative estimate of drug-likeness (QED) is 0.525. The van der Waals surface area contributed by atoms with Gasteiger partial charge < -0.3 is 19.5 Å². The van der Waals surface area contributed by atoms with Gasteiger partial charge in [-0.05, 0) is 55.0 Å². The van der Waals surface area contributed by atoms with Crippen molar-refractivity contribution in [3.05, 3.63) is 82.9 Å². The van der Waals surface area contributed by atoms with E-state index in [-0.39, 0.29) is 5.91 Å². The summed E-state index contributed by atoms with van der Waals surface area (Å²) in [7, 11) is 1.54. The summed E-state index contributed by atoms with van der Waals surface area (Å²) in [5, 5.41) is 3.55. The molecule has 0 fully saturated rings. The maximum Gasteiger partial charge on any atom is 0.255 e. The van der Waals surface area contributed by atoms with Gasteiger partial charge in [-0.1, -0.05) is 35.9 Å². The lowest BCUT2D eigenvalue weighted by Crippen LogP contribution is -2.13. The molecular formula is C23H22ClNO4. The van der Waals surface area contributed by atoms with Crippen molar-refractivity contribution in [3.8, 4) is 17.2 Å². The number of ether oxygens (including phenoxy) is 3. The second kappa shape index (κ2) is 9.85. The Morgan fingerprint density at radius 1 is 0.931 bits per heavy atom. The summed E-state index contributed by atoms with van der Waals surface area (Å²) in [6.07, 6.45) is 0. The molecule has 1 amide bonds. The monoisotopic (exact) mass is 411 g/mol.